The largest absolute Gasteiger partial charge is 0.482 e. The van der Waals surface area contributed by atoms with Crippen LogP contribution >= 0.6 is 0 Å². The van der Waals surface area contributed by atoms with Gasteiger partial charge in [0.2, 0.25) is 0 Å². The number of ether oxygens (including phenoxy) is 2. The third kappa shape index (κ3) is 5.78. The lowest BCUT2D eigenvalue weighted by Gasteiger charge is -2.20. The van der Waals surface area contributed by atoms with Gasteiger partial charge in [-0.3, -0.25) is 4.98 Å². The lowest BCUT2D eigenvalue weighted by atomic mass is 10.0. The predicted octanol–water partition coefficient (Wildman–Crippen LogP) is 5.04. The number of rotatable bonds is 9. The van der Waals surface area contributed by atoms with E-state index >= 15 is 0 Å². The van der Waals surface area contributed by atoms with Gasteiger partial charge in [-0.25, -0.2) is 9.78 Å². The van der Waals surface area contributed by atoms with Gasteiger partial charge in [-0.2, -0.15) is 0 Å². The summed E-state index contributed by atoms with van der Waals surface area (Å²) in [5, 5.41) is 0. The Balaban J connectivity index is 1.52. The highest BCUT2D eigenvalue weighted by atomic mass is 16.6. The quantitative estimate of drug-likeness (QED) is 0.331. The molecule has 3 aromatic carbocycles. The van der Waals surface area contributed by atoms with Gasteiger partial charge >= 0.3 is 5.97 Å². The van der Waals surface area contributed by atoms with E-state index in [1.165, 1.54) is 7.11 Å². The second kappa shape index (κ2) is 11.1. The van der Waals surface area contributed by atoms with Crippen LogP contribution in [0.15, 0.2) is 91.1 Å². The second-order valence-corrected chi connectivity index (χ2v) is 7.84. The van der Waals surface area contributed by atoms with E-state index in [9.17, 15) is 4.79 Å². The molecule has 0 radical (unpaired) electrons. The first-order valence-corrected chi connectivity index (χ1v) is 11.1. The molecule has 1 aromatic heterocycles. The van der Waals surface area contributed by atoms with Crippen LogP contribution in [0.1, 0.15) is 5.56 Å². The van der Waals surface area contributed by atoms with E-state index in [0.29, 0.717) is 5.75 Å². The molecule has 0 saturated carbocycles. The smallest absolute Gasteiger partial charge is 0.343 e. The molecule has 4 rings (SSSR count). The molecule has 0 unspecified atom stereocenters. The van der Waals surface area contributed by atoms with Gasteiger partial charge in [0.05, 0.1) is 24.7 Å². The zero-order valence-corrected chi connectivity index (χ0v) is 19.3. The molecule has 0 N–H and O–H groups in total. The van der Waals surface area contributed by atoms with E-state index in [0.717, 1.165) is 46.9 Å². The van der Waals surface area contributed by atoms with Crippen molar-refractivity contribution in [3.05, 3.63) is 96.7 Å². The van der Waals surface area contributed by atoms with Crippen LogP contribution in [0.2, 0.25) is 0 Å². The number of hydrogen-bond donors (Lipinski definition) is 0. The van der Waals surface area contributed by atoms with Crippen molar-refractivity contribution in [2.75, 3.05) is 32.2 Å². The Morgan fingerprint density at radius 2 is 1.56 bits per heavy atom. The molecule has 6 nitrogen and oxygen atoms in total. The maximum atomic E-state index is 11.3. The third-order valence-electron chi connectivity index (χ3n) is 5.46. The average molecular weight is 454 g/mol. The van der Waals surface area contributed by atoms with Crippen LogP contribution in [-0.4, -0.2) is 43.2 Å². The van der Waals surface area contributed by atoms with Crippen LogP contribution in [-0.2, 0) is 16.0 Å². The van der Waals surface area contributed by atoms with Gasteiger partial charge in [-0.15, -0.1) is 0 Å². The van der Waals surface area contributed by atoms with Gasteiger partial charge in [-0.1, -0.05) is 72.8 Å². The third-order valence-corrected chi connectivity index (χ3v) is 5.46. The van der Waals surface area contributed by atoms with Gasteiger partial charge in [0.15, 0.2) is 6.61 Å². The summed E-state index contributed by atoms with van der Waals surface area (Å²) < 4.78 is 10.1. The van der Waals surface area contributed by atoms with Crippen molar-refractivity contribution in [3.63, 3.8) is 0 Å². The number of hydrogen-bond acceptors (Lipinski definition) is 6. The van der Waals surface area contributed by atoms with Crippen LogP contribution in [0.5, 0.6) is 5.75 Å². The zero-order chi connectivity index (χ0) is 23.8. The molecule has 4 aromatic rings. The fraction of sp³-hybridized carbons (Fsp3) is 0.179. The van der Waals surface area contributed by atoms with Crippen molar-refractivity contribution in [1.82, 2.24) is 9.97 Å². The first-order chi connectivity index (χ1) is 16.6. The summed E-state index contributed by atoms with van der Waals surface area (Å²) in [5.41, 5.74) is 4.88. The molecular weight excluding hydrogens is 426 g/mol. The normalized spacial score (nSPS) is 10.5. The van der Waals surface area contributed by atoms with Crippen molar-refractivity contribution in [2.45, 2.75) is 6.42 Å². The number of benzene rings is 3. The van der Waals surface area contributed by atoms with Gasteiger partial charge in [-0.05, 0) is 24.1 Å². The van der Waals surface area contributed by atoms with Gasteiger partial charge < -0.3 is 14.4 Å². The highest BCUT2D eigenvalue weighted by molar-refractivity contribution is 5.78. The molecule has 0 saturated heterocycles. The van der Waals surface area contributed by atoms with Crippen LogP contribution in [0.4, 0.5) is 5.82 Å². The minimum atomic E-state index is -0.406. The summed E-state index contributed by atoms with van der Waals surface area (Å²) in [6.45, 7) is 0.638. The Labute approximate surface area is 199 Å². The fourth-order valence-corrected chi connectivity index (χ4v) is 3.57. The number of methoxy groups -OCH3 is 1. The van der Waals surface area contributed by atoms with Gasteiger partial charge in [0.1, 0.15) is 11.6 Å². The summed E-state index contributed by atoms with van der Waals surface area (Å²) in [7, 11) is 3.36. The molecule has 0 spiro atoms. The first kappa shape index (κ1) is 23.0. The van der Waals surface area contributed by atoms with E-state index in [1.54, 1.807) is 0 Å². The average Bonchev–Trinajstić information content (AvgIpc) is 2.91. The van der Waals surface area contributed by atoms with Crippen LogP contribution in [0.25, 0.3) is 22.5 Å². The van der Waals surface area contributed by atoms with Crippen LogP contribution in [0, 0.1) is 0 Å². The monoisotopic (exact) mass is 453 g/mol. The standard InChI is InChI=1S/C28H27N3O3/c1-31(17-16-21-10-9-15-24(18-21)34-20-26(32)33-2)25-19-29-27(22-11-5-3-6-12-22)28(30-25)23-13-7-4-8-14-23/h3-15,18-19H,16-17,20H2,1-2H3. The Bertz CT molecular complexity index is 1230. The highest BCUT2D eigenvalue weighted by Gasteiger charge is 2.14. The van der Waals surface area contributed by atoms with Crippen molar-refractivity contribution in [3.8, 4) is 28.3 Å². The summed E-state index contributed by atoms with van der Waals surface area (Å²) in [6.07, 6.45) is 2.61. The number of carbonyl (C=O) groups is 1. The highest BCUT2D eigenvalue weighted by Crippen LogP contribution is 2.30. The number of nitrogens with zero attached hydrogens (tertiary/aromatic N) is 3. The van der Waals surface area contributed by atoms with E-state index in [4.69, 9.17) is 14.7 Å². The number of esters is 1. The van der Waals surface area contributed by atoms with E-state index in [-0.39, 0.29) is 6.61 Å². The Kier molecular flexibility index (Phi) is 7.50. The van der Waals surface area contributed by atoms with Crippen molar-refractivity contribution in [2.24, 2.45) is 0 Å². The lowest BCUT2D eigenvalue weighted by Crippen LogP contribution is -2.22. The van der Waals surface area contributed by atoms with Crippen molar-refractivity contribution >= 4 is 11.8 Å². The van der Waals surface area contributed by atoms with E-state index < -0.39 is 5.97 Å². The molecule has 0 aliphatic heterocycles. The first-order valence-electron chi connectivity index (χ1n) is 11.1. The molecule has 0 fully saturated rings. The molecule has 0 atom stereocenters. The number of anilines is 1. The van der Waals surface area contributed by atoms with Crippen LogP contribution in [0.3, 0.4) is 0 Å². The topological polar surface area (TPSA) is 64.6 Å². The Morgan fingerprint density at radius 1 is 0.882 bits per heavy atom. The SMILES string of the molecule is COC(=O)COc1cccc(CCN(C)c2cnc(-c3ccccc3)c(-c3ccccc3)n2)c1. The molecule has 172 valence electrons. The molecule has 1 heterocycles. The Hall–Kier alpha value is -4.19. The molecular formula is C28H27N3O3. The summed E-state index contributed by atoms with van der Waals surface area (Å²) in [4.78, 5) is 23.2. The molecule has 0 aliphatic rings. The molecule has 0 amide bonds. The molecule has 0 aliphatic carbocycles. The summed E-state index contributed by atoms with van der Waals surface area (Å²) in [5.74, 6) is 1.04. The van der Waals surface area contributed by atoms with E-state index in [2.05, 4.69) is 33.9 Å². The minimum absolute atomic E-state index is 0.106. The molecule has 0 bridgehead atoms. The maximum absolute atomic E-state index is 11.3. The number of aromatic nitrogens is 2. The van der Waals surface area contributed by atoms with Gasteiger partial charge in [0, 0.05) is 24.7 Å². The van der Waals surface area contributed by atoms with Gasteiger partial charge in [0.25, 0.3) is 0 Å². The minimum Gasteiger partial charge on any atom is -0.482 e. The molecule has 34 heavy (non-hydrogen) atoms. The number of carbonyl (C=O) groups excluding carboxylic acids is 1. The van der Waals surface area contributed by atoms with E-state index in [1.807, 2.05) is 73.9 Å². The number of likely N-dealkylation sites (N-methyl/N-ethyl adjacent to an activating group) is 1. The zero-order valence-electron chi connectivity index (χ0n) is 19.3. The summed E-state index contributed by atoms with van der Waals surface area (Å²) >= 11 is 0. The maximum Gasteiger partial charge on any atom is 0.343 e. The summed E-state index contributed by atoms with van der Waals surface area (Å²) in [6, 6.07) is 28.0. The fourth-order valence-electron chi connectivity index (χ4n) is 3.57. The van der Waals surface area contributed by atoms with Crippen molar-refractivity contribution in [1.29, 1.82) is 0 Å². The lowest BCUT2D eigenvalue weighted by molar-refractivity contribution is -0.142. The van der Waals surface area contributed by atoms with Crippen molar-refractivity contribution < 1.29 is 14.3 Å². The predicted molar refractivity (Wildman–Crippen MR) is 134 cm³/mol. The Morgan fingerprint density at radius 3 is 2.24 bits per heavy atom. The second-order valence-electron chi connectivity index (χ2n) is 7.84. The van der Waals surface area contributed by atoms with Crippen LogP contribution < -0.4 is 9.64 Å². The molecule has 6 heteroatoms.